The predicted octanol–water partition coefficient (Wildman–Crippen LogP) is 2.78. The van der Waals surface area contributed by atoms with Gasteiger partial charge in [-0.2, -0.15) is 0 Å². The van der Waals surface area contributed by atoms with Gasteiger partial charge in [0.1, 0.15) is 6.10 Å². The molecule has 2 aliphatic rings. The molecule has 1 aliphatic carbocycles. The normalized spacial score (nSPS) is 41.8. The highest BCUT2D eigenvalue weighted by Gasteiger charge is 2.45. The van der Waals surface area contributed by atoms with Crippen LogP contribution in [-0.4, -0.2) is 25.3 Å². The first-order chi connectivity index (χ1) is 8.17. The van der Waals surface area contributed by atoms with E-state index in [4.69, 9.17) is 9.47 Å². The van der Waals surface area contributed by atoms with Crippen LogP contribution < -0.4 is 0 Å². The molecule has 1 heterocycles. The number of rotatable bonds is 3. The smallest absolute Gasteiger partial charge is 0.309 e. The third-order valence-corrected chi connectivity index (χ3v) is 4.61. The average Bonchev–Trinajstić information content (AvgIpc) is 2.33. The number of carbonyl (C=O) groups excluding carboxylic acids is 1. The Balaban J connectivity index is 2.04. The lowest BCUT2D eigenvalue weighted by Crippen LogP contribution is -2.48. The third-order valence-electron chi connectivity index (χ3n) is 4.61. The molecule has 98 valence electrons. The number of hydrogen-bond donors (Lipinski definition) is 0. The van der Waals surface area contributed by atoms with Crippen molar-refractivity contribution in [1.29, 1.82) is 0 Å². The summed E-state index contributed by atoms with van der Waals surface area (Å²) in [7, 11) is 1.75. The van der Waals surface area contributed by atoms with Crippen LogP contribution in [0.4, 0.5) is 0 Å². The van der Waals surface area contributed by atoms with Crippen molar-refractivity contribution in [3.05, 3.63) is 0 Å². The van der Waals surface area contributed by atoms with E-state index >= 15 is 0 Å². The van der Waals surface area contributed by atoms with Crippen LogP contribution in [0, 0.1) is 17.8 Å². The maximum Gasteiger partial charge on any atom is 0.309 e. The lowest BCUT2D eigenvalue weighted by atomic mass is 9.70. The van der Waals surface area contributed by atoms with E-state index in [0.29, 0.717) is 11.8 Å². The highest BCUT2D eigenvalue weighted by atomic mass is 16.5. The number of carbonyl (C=O) groups is 1. The summed E-state index contributed by atoms with van der Waals surface area (Å²) in [4.78, 5) is 12.0. The molecule has 17 heavy (non-hydrogen) atoms. The lowest BCUT2D eigenvalue weighted by molar-refractivity contribution is -0.180. The standard InChI is InChI=1S/C14H24O3/c1-4-5-12-9(2)11-7-6-10(16-3)8-13(11)17-14(12)15/h9-13H,4-8H2,1-3H3. The third kappa shape index (κ3) is 2.49. The van der Waals surface area contributed by atoms with Gasteiger partial charge < -0.3 is 9.47 Å². The van der Waals surface area contributed by atoms with Gasteiger partial charge in [-0.25, -0.2) is 0 Å². The van der Waals surface area contributed by atoms with E-state index in [1.165, 1.54) is 0 Å². The van der Waals surface area contributed by atoms with E-state index in [-0.39, 0.29) is 24.1 Å². The van der Waals surface area contributed by atoms with Gasteiger partial charge in [0.2, 0.25) is 0 Å². The molecule has 0 aromatic rings. The fraction of sp³-hybridized carbons (Fsp3) is 0.929. The lowest BCUT2D eigenvalue weighted by Gasteiger charge is -2.44. The van der Waals surface area contributed by atoms with Crippen LogP contribution in [0.15, 0.2) is 0 Å². The summed E-state index contributed by atoms with van der Waals surface area (Å²) in [5.74, 6) is 1.17. The van der Waals surface area contributed by atoms with Crippen LogP contribution in [-0.2, 0) is 14.3 Å². The summed E-state index contributed by atoms with van der Waals surface area (Å²) in [6.07, 6.45) is 5.54. The fourth-order valence-corrected chi connectivity index (χ4v) is 3.51. The molecule has 0 bridgehead atoms. The molecule has 2 fully saturated rings. The van der Waals surface area contributed by atoms with E-state index in [1.54, 1.807) is 7.11 Å². The minimum Gasteiger partial charge on any atom is -0.462 e. The van der Waals surface area contributed by atoms with Gasteiger partial charge in [-0.1, -0.05) is 20.3 Å². The van der Waals surface area contributed by atoms with Gasteiger partial charge in [0.05, 0.1) is 12.0 Å². The van der Waals surface area contributed by atoms with Crippen LogP contribution in [0.3, 0.4) is 0 Å². The van der Waals surface area contributed by atoms with Crippen molar-refractivity contribution in [2.24, 2.45) is 17.8 Å². The highest BCUT2D eigenvalue weighted by Crippen LogP contribution is 2.42. The van der Waals surface area contributed by atoms with Crippen molar-refractivity contribution >= 4 is 5.97 Å². The summed E-state index contributed by atoms with van der Waals surface area (Å²) in [6, 6.07) is 0. The number of ether oxygens (including phenoxy) is 2. The van der Waals surface area contributed by atoms with Gasteiger partial charge >= 0.3 is 5.97 Å². The maximum atomic E-state index is 12.0. The zero-order valence-electron chi connectivity index (χ0n) is 11.1. The SMILES string of the molecule is CCCC1C(=O)OC2CC(OC)CCC2C1C. The Hall–Kier alpha value is -0.570. The molecular formula is C14H24O3. The van der Waals surface area contributed by atoms with Crippen LogP contribution in [0.25, 0.3) is 0 Å². The minimum atomic E-state index is 0.0253. The molecule has 3 heteroatoms. The second-order valence-corrected chi connectivity index (χ2v) is 5.56. The van der Waals surface area contributed by atoms with Crippen LogP contribution >= 0.6 is 0 Å². The van der Waals surface area contributed by atoms with E-state index in [0.717, 1.165) is 32.1 Å². The van der Waals surface area contributed by atoms with Crippen LogP contribution in [0.5, 0.6) is 0 Å². The molecule has 1 aliphatic heterocycles. The molecule has 1 saturated heterocycles. The van der Waals surface area contributed by atoms with Crippen LogP contribution in [0.2, 0.25) is 0 Å². The second-order valence-electron chi connectivity index (χ2n) is 5.56. The molecule has 3 nitrogen and oxygen atoms in total. The fourth-order valence-electron chi connectivity index (χ4n) is 3.51. The maximum absolute atomic E-state index is 12.0. The summed E-state index contributed by atoms with van der Waals surface area (Å²) in [5, 5.41) is 0. The second kappa shape index (κ2) is 5.38. The van der Waals surface area contributed by atoms with Crippen molar-refractivity contribution in [3.63, 3.8) is 0 Å². The zero-order valence-corrected chi connectivity index (χ0v) is 11.1. The van der Waals surface area contributed by atoms with E-state index < -0.39 is 0 Å². The number of hydrogen-bond acceptors (Lipinski definition) is 3. The molecule has 5 unspecified atom stereocenters. The minimum absolute atomic E-state index is 0.0253. The first-order valence-corrected chi connectivity index (χ1v) is 6.90. The first-order valence-electron chi connectivity index (χ1n) is 6.90. The molecule has 5 atom stereocenters. The molecule has 0 N–H and O–H groups in total. The Morgan fingerprint density at radius 1 is 1.41 bits per heavy atom. The Morgan fingerprint density at radius 3 is 2.82 bits per heavy atom. The van der Waals surface area contributed by atoms with E-state index in [2.05, 4.69) is 13.8 Å². The molecule has 2 rings (SSSR count). The molecule has 0 amide bonds. The van der Waals surface area contributed by atoms with Crippen LogP contribution in [0.1, 0.15) is 46.0 Å². The van der Waals surface area contributed by atoms with E-state index in [9.17, 15) is 4.79 Å². The number of esters is 1. The average molecular weight is 240 g/mol. The van der Waals surface area contributed by atoms with Gasteiger partial charge in [-0.15, -0.1) is 0 Å². The summed E-state index contributed by atoms with van der Waals surface area (Å²) in [6.45, 7) is 4.36. The Morgan fingerprint density at radius 2 is 2.18 bits per heavy atom. The highest BCUT2D eigenvalue weighted by molar-refractivity contribution is 5.73. The number of methoxy groups -OCH3 is 1. The van der Waals surface area contributed by atoms with Gasteiger partial charge in [-0.05, 0) is 31.1 Å². The molecule has 0 aromatic heterocycles. The number of fused-ring (bicyclic) bond motifs is 1. The molecule has 0 spiro atoms. The Labute approximate surface area is 104 Å². The summed E-state index contributed by atoms with van der Waals surface area (Å²) < 4.78 is 11.0. The van der Waals surface area contributed by atoms with Crippen molar-refractivity contribution in [3.8, 4) is 0 Å². The topological polar surface area (TPSA) is 35.5 Å². The monoisotopic (exact) mass is 240 g/mol. The van der Waals surface area contributed by atoms with Crippen molar-refractivity contribution in [2.75, 3.05) is 7.11 Å². The van der Waals surface area contributed by atoms with Crippen molar-refractivity contribution in [2.45, 2.75) is 58.2 Å². The Kier molecular flexibility index (Phi) is 4.08. The molecular weight excluding hydrogens is 216 g/mol. The van der Waals surface area contributed by atoms with E-state index in [1.807, 2.05) is 0 Å². The first kappa shape index (κ1) is 12.9. The van der Waals surface area contributed by atoms with Gasteiger partial charge in [0, 0.05) is 13.5 Å². The van der Waals surface area contributed by atoms with Crippen molar-refractivity contribution in [1.82, 2.24) is 0 Å². The summed E-state index contributed by atoms with van der Waals surface area (Å²) >= 11 is 0. The van der Waals surface area contributed by atoms with Gasteiger partial charge in [-0.3, -0.25) is 4.79 Å². The molecule has 0 radical (unpaired) electrons. The van der Waals surface area contributed by atoms with Crippen molar-refractivity contribution < 1.29 is 14.3 Å². The largest absolute Gasteiger partial charge is 0.462 e. The quantitative estimate of drug-likeness (QED) is 0.712. The summed E-state index contributed by atoms with van der Waals surface area (Å²) in [5.41, 5.74) is 0. The molecule has 1 saturated carbocycles. The zero-order chi connectivity index (χ0) is 12.4. The Bertz CT molecular complexity index is 275. The molecule has 0 aromatic carbocycles. The van der Waals surface area contributed by atoms with Gasteiger partial charge in [0.15, 0.2) is 0 Å². The van der Waals surface area contributed by atoms with Gasteiger partial charge in [0.25, 0.3) is 0 Å². The predicted molar refractivity (Wildman–Crippen MR) is 65.6 cm³/mol.